The van der Waals surface area contributed by atoms with E-state index in [-0.39, 0.29) is 5.92 Å². The van der Waals surface area contributed by atoms with Crippen LogP contribution in [0.2, 0.25) is 0 Å². The summed E-state index contributed by atoms with van der Waals surface area (Å²) in [4.78, 5) is 11.8. The van der Waals surface area contributed by atoms with Crippen LogP contribution in [0.1, 0.15) is 18.9 Å². The number of alkyl halides is 2. The van der Waals surface area contributed by atoms with Gasteiger partial charge in [-0.15, -0.1) is 0 Å². The van der Waals surface area contributed by atoms with E-state index in [1.54, 1.807) is 56.5 Å². The summed E-state index contributed by atoms with van der Waals surface area (Å²) < 4.78 is 33.4. The third kappa shape index (κ3) is 5.05. The van der Waals surface area contributed by atoms with Gasteiger partial charge in [0.15, 0.2) is 0 Å². The minimum absolute atomic E-state index is 0.338. The van der Waals surface area contributed by atoms with Crippen LogP contribution in [0.5, 0.6) is 5.75 Å². The van der Waals surface area contributed by atoms with Gasteiger partial charge in [0, 0.05) is 12.1 Å². The van der Waals surface area contributed by atoms with Crippen LogP contribution in [-0.2, 0) is 11.2 Å². The minimum Gasteiger partial charge on any atom is -0.497 e. The first-order valence-electron chi connectivity index (χ1n) is 7.78. The number of hydrogen-bond acceptors (Lipinski definition) is 2. The summed E-state index contributed by atoms with van der Waals surface area (Å²) in [5, 5.41) is 2.26. The van der Waals surface area contributed by atoms with Gasteiger partial charge < -0.3 is 10.1 Å². The normalized spacial score (nSPS) is 12.5. The van der Waals surface area contributed by atoms with Crippen LogP contribution >= 0.6 is 0 Å². The first kappa shape index (κ1) is 17.9. The van der Waals surface area contributed by atoms with Crippen molar-refractivity contribution in [2.45, 2.75) is 25.7 Å². The molecule has 0 fully saturated rings. The average molecular weight is 333 g/mol. The molecule has 1 atom stereocenters. The van der Waals surface area contributed by atoms with Gasteiger partial charge in [0.25, 0.3) is 5.91 Å². The van der Waals surface area contributed by atoms with E-state index in [2.05, 4.69) is 5.32 Å². The molecule has 2 aromatic rings. The number of amides is 1. The molecule has 3 nitrogen and oxygen atoms in total. The molecule has 0 saturated carbocycles. The summed E-state index contributed by atoms with van der Waals surface area (Å²) in [6.45, 7) is 1.72. The number of carbonyl (C=O) groups is 1. The maximum atomic E-state index is 14.1. The van der Waals surface area contributed by atoms with E-state index >= 15 is 0 Å². The Morgan fingerprint density at radius 1 is 1.12 bits per heavy atom. The zero-order chi connectivity index (χ0) is 17.6. The number of rotatable bonds is 7. The fraction of sp³-hybridized carbons (Fsp3) is 0.316. The van der Waals surface area contributed by atoms with Crippen LogP contribution in [0.3, 0.4) is 0 Å². The SMILES string of the molecule is COc1ccc(CC(C)CC(F)(F)C(=O)Nc2ccccc2)cc1. The minimum atomic E-state index is -3.41. The van der Waals surface area contributed by atoms with E-state index in [0.717, 1.165) is 11.3 Å². The molecule has 2 rings (SSSR count). The number of para-hydroxylation sites is 1. The predicted octanol–water partition coefficient (Wildman–Crippen LogP) is 4.54. The van der Waals surface area contributed by atoms with Gasteiger partial charge in [-0.05, 0) is 42.2 Å². The van der Waals surface area contributed by atoms with E-state index in [1.165, 1.54) is 0 Å². The first-order chi connectivity index (χ1) is 11.4. The van der Waals surface area contributed by atoms with Crippen molar-refractivity contribution in [3.8, 4) is 5.75 Å². The average Bonchev–Trinajstić information content (AvgIpc) is 2.56. The molecule has 0 bridgehead atoms. The second-order valence-corrected chi connectivity index (χ2v) is 5.89. The van der Waals surface area contributed by atoms with Crippen LogP contribution < -0.4 is 10.1 Å². The van der Waals surface area contributed by atoms with Gasteiger partial charge >= 0.3 is 5.92 Å². The van der Waals surface area contributed by atoms with Crippen molar-refractivity contribution in [2.24, 2.45) is 5.92 Å². The Morgan fingerprint density at radius 2 is 1.75 bits per heavy atom. The van der Waals surface area contributed by atoms with E-state index in [9.17, 15) is 13.6 Å². The van der Waals surface area contributed by atoms with Gasteiger partial charge in [-0.3, -0.25) is 4.79 Å². The topological polar surface area (TPSA) is 38.3 Å². The fourth-order valence-electron chi connectivity index (χ4n) is 2.51. The molecular weight excluding hydrogens is 312 g/mol. The molecule has 2 aromatic carbocycles. The molecule has 0 heterocycles. The zero-order valence-corrected chi connectivity index (χ0v) is 13.8. The Morgan fingerprint density at radius 3 is 2.33 bits per heavy atom. The van der Waals surface area contributed by atoms with Gasteiger partial charge in [0.1, 0.15) is 5.75 Å². The van der Waals surface area contributed by atoms with Gasteiger partial charge in [-0.25, -0.2) is 0 Å². The van der Waals surface area contributed by atoms with Crippen molar-refractivity contribution in [1.82, 2.24) is 0 Å². The number of nitrogens with one attached hydrogen (secondary N) is 1. The van der Waals surface area contributed by atoms with Crippen LogP contribution in [0.15, 0.2) is 54.6 Å². The highest BCUT2D eigenvalue weighted by Crippen LogP contribution is 2.27. The predicted molar refractivity (Wildman–Crippen MR) is 90.5 cm³/mol. The van der Waals surface area contributed by atoms with Crippen molar-refractivity contribution in [2.75, 3.05) is 12.4 Å². The standard InChI is InChI=1S/C19H21F2NO2/c1-14(12-15-8-10-17(24-2)11-9-15)13-19(20,21)18(23)22-16-6-4-3-5-7-16/h3-11,14H,12-13H2,1-2H3,(H,22,23). The lowest BCUT2D eigenvalue weighted by Crippen LogP contribution is -2.36. The number of hydrogen-bond donors (Lipinski definition) is 1. The molecule has 0 aliphatic rings. The fourth-order valence-corrected chi connectivity index (χ4v) is 2.51. The second-order valence-electron chi connectivity index (χ2n) is 5.89. The van der Waals surface area contributed by atoms with Crippen molar-refractivity contribution in [3.63, 3.8) is 0 Å². The van der Waals surface area contributed by atoms with E-state index < -0.39 is 18.3 Å². The number of ether oxygens (including phenoxy) is 1. The number of methoxy groups -OCH3 is 1. The molecule has 0 radical (unpaired) electrons. The molecule has 0 spiro atoms. The second kappa shape index (κ2) is 7.90. The highest BCUT2D eigenvalue weighted by molar-refractivity contribution is 5.96. The lowest BCUT2D eigenvalue weighted by molar-refractivity contribution is -0.141. The molecule has 0 aliphatic carbocycles. The summed E-state index contributed by atoms with van der Waals surface area (Å²) in [6, 6.07) is 15.5. The van der Waals surface area contributed by atoms with Crippen molar-refractivity contribution in [3.05, 3.63) is 60.2 Å². The Balaban J connectivity index is 1.92. The molecule has 0 aromatic heterocycles. The van der Waals surface area contributed by atoms with E-state index in [1.807, 2.05) is 12.1 Å². The highest BCUT2D eigenvalue weighted by atomic mass is 19.3. The molecule has 1 N–H and O–H groups in total. The summed E-state index contributed by atoms with van der Waals surface area (Å²) in [7, 11) is 1.57. The largest absolute Gasteiger partial charge is 0.497 e. The number of anilines is 1. The molecular formula is C19H21F2NO2. The maximum absolute atomic E-state index is 14.1. The molecule has 128 valence electrons. The van der Waals surface area contributed by atoms with E-state index in [4.69, 9.17) is 4.74 Å². The quantitative estimate of drug-likeness (QED) is 0.808. The zero-order valence-electron chi connectivity index (χ0n) is 13.8. The van der Waals surface area contributed by atoms with Crippen molar-refractivity contribution >= 4 is 11.6 Å². The first-order valence-corrected chi connectivity index (χ1v) is 7.78. The molecule has 24 heavy (non-hydrogen) atoms. The van der Waals surface area contributed by atoms with Crippen LogP contribution in [0.4, 0.5) is 14.5 Å². The lowest BCUT2D eigenvalue weighted by Gasteiger charge is -2.20. The number of halogens is 2. The van der Waals surface area contributed by atoms with Gasteiger partial charge in [0.05, 0.1) is 7.11 Å². The van der Waals surface area contributed by atoms with Crippen molar-refractivity contribution in [1.29, 1.82) is 0 Å². The third-order valence-electron chi connectivity index (χ3n) is 3.71. The Kier molecular flexibility index (Phi) is 5.90. The van der Waals surface area contributed by atoms with Crippen LogP contribution in [0, 0.1) is 5.92 Å². The Hall–Kier alpha value is -2.43. The monoisotopic (exact) mass is 333 g/mol. The summed E-state index contributed by atoms with van der Waals surface area (Å²) >= 11 is 0. The smallest absolute Gasteiger partial charge is 0.325 e. The molecule has 1 unspecified atom stereocenters. The van der Waals surface area contributed by atoms with Crippen LogP contribution in [0.25, 0.3) is 0 Å². The van der Waals surface area contributed by atoms with Gasteiger partial charge in [0.2, 0.25) is 0 Å². The van der Waals surface area contributed by atoms with Crippen molar-refractivity contribution < 1.29 is 18.3 Å². The maximum Gasteiger partial charge on any atom is 0.325 e. The number of benzene rings is 2. The highest BCUT2D eigenvalue weighted by Gasteiger charge is 2.40. The van der Waals surface area contributed by atoms with Gasteiger partial charge in [-0.1, -0.05) is 37.3 Å². The third-order valence-corrected chi connectivity index (χ3v) is 3.71. The summed E-state index contributed by atoms with van der Waals surface area (Å²) in [5.41, 5.74) is 1.30. The molecule has 1 amide bonds. The lowest BCUT2D eigenvalue weighted by atomic mass is 9.94. The summed E-state index contributed by atoms with van der Waals surface area (Å²) in [5.74, 6) is -4.30. The number of carbonyl (C=O) groups excluding carboxylic acids is 1. The molecule has 0 aliphatic heterocycles. The molecule has 0 saturated heterocycles. The Bertz CT molecular complexity index is 657. The van der Waals surface area contributed by atoms with Gasteiger partial charge in [-0.2, -0.15) is 8.78 Å². The summed E-state index contributed by atoms with van der Waals surface area (Å²) in [6.07, 6.45) is -0.0318. The van der Waals surface area contributed by atoms with Crippen LogP contribution in [-0.4, -0.2) is 18.9 Å². The Labute approximate surface area is 140 Å². The van der Waals surface area contributed by atoms with E-state index in [0.29, 0.717) is 12.1 Å². The molecule has 5 heteroatoms.